The summed E-state index contributed by atoms with van der Waals surface area (Å²) in [6, 6.07) is 72.0. The topological polar surface area (TPSA) is 14.8 Å². The number of hydrogen-bond acceptors (Lipinski definition) is 0. The molecule has 0 saturated carbocycles. The monoisotopic (exact) mass is 825 g/mol. The predicted molar refractivity (Wildman–Crippen MR) is 277 cm³/mol. The van der Waals surface area contributed by atoms with Gasteiger partial charge in [0.25, 0.3) is 0 Å². The summed E-state index contributed by atoms with van der Waals surface area (Å²) in [7, 11) is 0. The van der Waals surface area contributed by atoms with Crippen LogP contribution in [0.5, 0.6) is 0 Å². The molecule has 0 unspecified atom stereocenters. The fraction of sp³-hybridized carbons (Fsp3) is 0.0820. The molecular weight excluding hydrogens is 775 g/mol. The maximum atomic E-state index is 3.00. The average Bonchev–Trinajstić information content (AvgIpc) is 3.97. The number of fused-ring (bicyclic) bond motifs is 9. The number of nitrogens with zero attached hydrogens (tertiary/aromatic N) is 3. The van der Waals surface area contributed by atoms with E-state index < -0.39 is 0 Å². The van der Waals surface area contributed by atoms with E-state index in [2.05, 4.69) is 242 Å². The summed E-state index contributed by atoms with van der Waals surface area (Å²) in [5.74, 6) is 0. The lowest BCUT2D eigenvalue weighted by atomic mass is 9.98. The summed E-state index contributed by atoms with van der Waals surface area (Å²) in [5.41, 5.74) is 19.4. The minimum atomic E-state index is 1.16. The van der Waals surface area contributed by atoms with Crippen LogP contribution in [0.4, 0.5) is 0 Å². The van der Waals surface area contributed by atoms with Crippen LogP contribution in [0.25, 0.3) is 105 Å². The van der Waals surface area contributed by atoms with Gasteiger partial charge in [-0.05, 0) is 152 Å². The Morgan fingerprint density at radius 1 is 0.266 bits per heavy atom. The highest BCUT2D eigenvalue weighted by Gasteiger charge is 2.19. The van der Waals surface area contributed by atoms with Crippen molar-refractivity contribution in [2.75, 3.05) is 0 Å². The standard InChI is InChI=1S/C57H41N3.C2H6.C2H4/c1-36-14-22-45(23-15-36)60-56-28-20-41(39-18-26-54-48(32-39)46-30-37(2)16-24-52(46)58(54)43-10-6-4-7-11-43)34-50(56)51-35-42(21-29-57(51)60)40-19-27-55-49(33-40)47-31-38(3)17-25-53(47)59(55)44-12-8-5-9-13-44;2*1-2/h4-35H,1-3H3;1-2H3;1-2H2. The van der Waals surface area contributed by atoms with Crippen LogP contribution in [0, 0.1) is 20.8 Å². The molecule has 12 rings (SSSR count). The third-order valence-electron chi connectivity index (χ3n) is 12.6. The Kier molecular flexibility index (Phi) is 10.3. The molecule has 3 heteroatoms. The van der Waals surface area contributed by atoms with E-state index >= 15 is 0 Å². The number of hydrogen-bond donors (Lipinski definition) is 0. The van der Waals surface area contributed by atoms with Crippen molar-refractivity contribution in [2.45, 2.75) is 34.6 Å². The van der Waals surface area contributed by atoms with E-state index in [9.17, 15) is 0 Å². The number of benzene rings is 9. The van der Waals surface area contributed by atoms with Crippen molar-refractivity contribution < 1.29 is 0 Å². The summed E-state index contributed by atoms with van der Waals surface area (Å²) in [4.78, 5) is 0. The highest BCUT2D eigenvalue weighted by atomic mass is 15.0. The first-order chi connectivity index (χ1) is 31.5. The van der Waals surface area contributed by atoms with Gasteiger partial charge in [-0.2, -0.15) is 0 Å². The first-order valence-corrected chi connectivity index (χ1v) is 22.3. The molecule has 0 aliphatic carbocycles. The number of para-hydroxylation sites is 2. The third-order valence-corrected chi connectivity index (χ3v) is 12.6. The van der Waals surface area contributed by atoms with Crippen LogP contribution in [0.3, 0.4) is 0 Å². The molecule has 0 atom stereocenters. The molecule has 3 aromatic heterocycles. The summed E-state index contributed by atoms with van der Waals surface area (Å²) in [5, 5.41) is 7.56. The van der Waals surface area contributed by atoms with E-state index in [4.69, 9.17) is 0 Å². The minimum Gasteiger partial charge on any atom is -0.309 e. The van der Waals surface area contributed by atoms with Crippen molar-refractivity contribution in [3.8, 4) is 39.3 Å². The molecule has 12 aromatic rings. The largest absolute Gasteiger partial charge is 0.309 e. The summed E-state index contributed by atoms with van der Waals surface area (Å²) in [6.07, 6.45) is 0. The van der Waals surface area contributed by atoms with E-state index in [0.717, 1.165) is 5.69 Å². The molecule has 9 aromatic carbocycles. The van der Waals surface area contributed by atoms with Gasteiger partial charge in [0.2, 0.25) is 0 Å². The second-order valence-electron chi connectivity index (χ2n) is 16.5. The van der Waals surface area contributed by atoms with Gasteiger partial charge in [-0.15, -0.1) is 13.2 Å². The Balaban J connectivity index is 0.00000118. The first-order valence-electron chi connectivity index (χ1n) is 22.3. The van der Waals surface area contributed by atoms with Gasteiger partial charge in [0, 0.05) is 49.4 Å². The highest BCUT2D eigenvalue weighted by Crippen LogP contribution is 2.41. The predicted octanol–water partition coefficient (Wildman–Crippen LogP) is 17.1. The molecule has 0 bridgehead atoms. The van der Waals surface area contributed by atoms with Gasteiger partial charge in [0.1, 0.15) is 0 Å². The quantitative estimate of drug-likeness (QED) is 0.154. The van der Waals surface area contributed by atoms with Crippen LogP contribution < -0.4 is 0 Å². The fourth-order valence-electron chi connectivity index (χ4n) is 9.70. The Bertz CT molecular complexity index is 3450. The van der Waals surface area contributed by atoms with Gasteiger partial charge in [-0.25, -0.2) is 0 Å². The van der Waals surface area contributed by atoms with Crippen molar-refractivity contribution in [2.24, 2.45) is 0 Å². The molecule has 0 fully saturated rings. The number of rotatable bonds is 5. The minimum absolute atomic E-state index is 1.16. The maximum Gasteiger partial charge on any atom is 0.0541 e. The zero-order valence-electron chi connectivity index (χ0n) is 37.2. The zero-order chi connectivity index (χ0) is 44.1. The molecule has 0 radical (unpaired) electrons. The van der Waals surface area contributed by atoms with Gasteiger partial charge >= 0.3 is 0 Å². The molecule has 0 aliphatic heterocycles. The van der Waals surface area contributed by atoms with Crippen LogP contribution in [0.1, 0.15) is 30.5 Å². The van der Waals surface area contributed by atoms with Crippen LogP contribution >= 0.6 is 0 Å². The molecule has 0 N–H and O–H groups in total. The van der Waals surface area contributed by atoms with Crippen molar-refractivity contribution in [3.05, 3.63) is 224 Å². The van der Waals surface area contributed by atoms with Crippen LogP contribution in [0.15, 0.2) is 207 Å². The lowest BCUT2D eigenvalue weighted by molar-refractivity contribution is 1.17. The SMILES string of the molecule is C=C.CC.Cc1ccc(-n2c3ccc(-c4ccc5c(c4)c4cc(C)ccc4n5-c4ccccc4)cc3c3cc(-c4ccc5c(c4)c4cc(C)ccc4n5-c4ccccc4)ccc32)cc1. The van der Waals surface area contributed by atoms with E-state index in [0.29, 0.717) is 0 Å². The van der Waals surface area contributed by atoms with Gasteiger partial charge in [-0.3, -0.25) is 0 Å². The van der Waals surface area contributed by atoms with Gasteiger partial charge in [0.15, 0.2) is 0 Å². The Morgan fingerprint density at radius 2 is 0.516 bits per heavy atom. The van der Waals surface area contributed by atoms with Gasteiger partial charge in [-0.1, -0.05) is 115 Å². The summed E-state index contributed by atoms with van der Waals surface area (Å²) >= 11 is 0. The number of aryl methyl sites for hydroxylation is 3. The molecule has 64 heavy (non-hydrogen) atoms. The van der Waals surface area contributed by atoms with Crippen molar-refractivity contribution in [1.82, 2.24) is 13.7 Å². The van der Waals surface area contributed by atoms with E-state index in [1.807, 2.05) is 13.8 Å². The molecule has 0 spiro atoms. The summed E-state index contributed by atoms with van der Waals surface area (Å²) in [6.45, 7) is 16.5. The highest BCUT2D eigenvalue weighted by molar-refractivity contribution is 6.14. The van der Waals surface area contributed by atoms with E-state index in [1.165, 1.54) is 116 Å². The third kappa shape index (κ3) is 6.60. The smallest absolute Gasteiger partial charge is 0.0541 e. The molecular formula is C61H51N3. The lowest BCUT2D eigenvalue weighted by Crippen LogP contribution is -1.94. The average molecular weight is 826 g/mol. The van der Waals surface area contributed by atoms with Crippen molar-refractivity contribution in [1.29, 1.82) is 0 Å². The number of aromatic nitrogens is 3. The van der Waals surface area contributed by atoms with Gasteiger partial charge < -0.3 is 13.7 Å². The first kappa shape index (κ1) is 40.2. The lowest BCUT2D eigenvalue weighted by Gasteiger charge is -2.10. The van der Waals surface area contributed by atoms with Crippen LogP contribution in [0.2, 0.25) is 0 Å². The van der Waals surface area contributed by atoms with E-state index in [-0.39, 0.29) is 0 Å². The molecule has 3 nitrogen and oxygen atoms in total. The second-order valence-corrected chi connectivity index (χ2v) is 16.5. The second kappa shape index (κ2) is 16.4. The molecule has 310 valence electrons. The zero-order valence-corrected chi connectivity index (χ0v) is 37.2. The summed E-state index contributed by atoms with van der Waals surface area (Å²) < 4.78 is 7.22. The van der Waals surface area contributed by atoms with Crippen molar-refractivity contribution in [3.63, 3.8) is 0 Å². The van der Waals surface area contributed by atoms with E-state index in [1.54, 1.807) is 0 Å². The Hall–Kier alpha value is -7.88. The van der Waals surface area contributed by atoms with Crippen LogP contribution in [-0.2, 0) is 0 Å². The van der Waals surface area contributed by atoms with Gasteiger partial charge in [0.05, 0.1) is 33.1 Å². The molecule has 0 saturated heterocycles. The maximum absolute atomic E-state index is 3.00. The molecule has 0 aliphatic rings. The van der Waals surface area contributed by atoms with Crippen molar-refractivity contribution >= 4 is 65.4 Å². The molecule has 0 amide bonds. The van der Waals surface area contributed by atoms with Crippen LogP contribution in [-0.4, -0.2) is 13.7 Å². The normalized spacial score (nSPS) is 11.3. The fourth-order valence-corrected chi connectivity index (χ4v) is 9.70. The Morgan fingerprint density at radius 3 is 0.828 bits per heavy atom. The molecule has 3 heterocycles. The Labute approximate surface area is 375 Å².